The number of amides is 1. The monoisotopic (exact) mass is 330 g/mol. The summed E-state index contributed by atoms with van der Waals surface area (Å²) in [4.78, 5) is 14.5. The Kier molecular flexibility index (Phi) is 5.25. The van der Waals surface area contributed by atoms with Crippen molar-refractivity contribution in [1.29, 1.82) is 0 Å². The second-order valence-corrected chi connectivity index (χ2v) is 6.38. The molecule has 128 valence electrons. The molecule has 24 heavy (non-hydrogen) atoms. The lowest BCUT2D eigenvalue weighted by molar-refractivity contribution is 0.0939. The minimum absolute atomic E-state index is 0.226. The Morgan fingerprint density at radius 3 is 2.79 bits per heavy atom. The summed E-state index contributed by atoms with van der Waals surface area (Å²) < 4.78 is 15.1. The first kappa shape index (κ1) is 16.6. The van der Waals surface area contributed by atoms with E-state index in [2.05, 4.69) is 22.2 Å². The highest BCUT2D eigenvalue weighted by molar-refractivity contribution is 5.92. The summed E-state index contributed by atoms with van der Waals surface area (Å²) in [5.74, 6) is 0.209. The Morgan fingerprint density at radius 2 is 2.04 bits per heavy atom. The summed E-state index contributed by atoms with van der Waals surface area (Å²) >= 11 is 0. The van der Waals surface area contributed by atoms with Crippen LogP contribution in [-0.4, -0.2) is 46.8 Å². The molecule has 0 spiro atoms. The SMILES string of the molecule is CC1CCN(CCNC(=O)c2ccn(-c3ccccc3F)n2)CC1. The topological polar surface area (TPSA) is 50.2 Å². The number of halogens is 1. The van der Waals surface area contributed by atoms with Gasteiger partial charge in [0.15, 0.2) is 5.69 Å². The lowest BCUT2D eigenvalue weighted by atomic mass is 9.99. The Hall–Kier alpha value is -2.21. The van der Waals surface area contributed by atoms with Crippen LogP contribution in [0.25, 0.3) is 5.69 Å². The van der Waals surface area contributed by atoms with E-state index in [9.17, 15) is 9.18 Å². The van der Waals surface area contributed by atoms with Crippen molar-refractivity contribution in [2.24, 2.45) is 5.92 Å². The van der Waals surface area contributed by atoms with Gasteiger partial charge in [-0.3, -0.25) is 4.79 Å². The van der Waals surface area contributed by atoms with Gasteiger partial charge in [0.25, 0.3) is 5.91 Å². The van der Waals surface area contributed by atoms with E-state index in [0.717, 1.165) is 25.6 Å². The van der Waals surface area contributed by atoms with Crippen LogP contribution in [0.3, 0.4) is 0 Å². The number of nitrogens with one attached hydrogen (secondary N) is 1. The highest BCUT2D eigenvalue weighted by Gasteiger charge is 2.16. The fourth-order valence-corrected chi connectivity index (χ4v) is 2.92. The van der Waals surface area contributed by atoms with Crippen LogP contribution in [0.15, 0.2) is 36.5 Å². The summed E-state index contributed by atoms with van der Waals surface area (Å²) in [7, 11) is 0. The van der Waals surface area contributed by atoms with Crippen LogP contribution < -0.4 is 5.32 Å². The molecular formula is C18H23FN4O. The smallest absolute Gasteiger partial charge is 0.271 e. The van der Waals surface area contributed by atoms with Crippen LogP contribution in [0.1, 0.15) is 30.3 Å². The molecule has 1 amide bonds. The summed E-state index contributed by atoms with van der Waals surface area (Å²) in [5, 5.41) is 7.05. The third kappa shape index (κ3) is 4.00. The van der Waals surface area contributed by atoms with Crippen LogP contribution >= 0.6 is 0 Å². The molecule has 1 fully saturated rings. The number of piperidine rings is 1. The van der Waals surface area contributed by atoms with E-state index in [-0.39, 0.29) is 11.7 Å². The normalized spacial score (nSPS) is 16.2. The number of benzene rings is 1. The summed E-state index contributed by atoms with van der Waals surface area (Å²) in [6.07, 6.45) is 4.04. The van der Waals surface area contributed by atoms with E-state index in [0.29, 0.717) is 17.9 Å². The Morgan fingerprint density at radius 1 is 1.29 bits per heavy atom. The van der Waals surface area contributed by atoms with E-state index >= 15 is 0 Å². The van der Waals surface area contributed by atoms with Gasteiger partial charge in [-0.25, -0.2) is 9.07 Å². The number of carbonyl (C=O) groups excluding carboxylic acids is 1. The maximum absolute atomic E-state index is 13.8. The van der Waals surface area contributed by atoms with Gasteiger partial charge in [0, 0.05) is 19.3 Å². The molecule has 0 radical (unpaired) electrons. The minimum atomic E-state index is -0.369. The molecule has 1 aromatic heterocycles. The van der Waals surface area contributed by atoms with E-state index in [1.807, 2.05) is 0 Å². The molecular weight excluding hydrogens is 307 g/mol. The van der Waals surface area contributed by atoms with Crippen molar-refractivity contribution in [3.05, 3.63) is 48.0 Å². The van der Waals surface area contributed by atoms with Crippen LogP contribution in [0.4, 0.5) is 4.39 Å². The lowest BCUT2D eigenvalue weighted by Crippen LogP contribution is -2.39. The average Bonchev–Trinajstić information content (AvgIpc) is 3.07. The first-order valence-electron chi connectivity index (χ1n) is 8.44. The molecule has 0 atom stereocenters. The zero-order valence-corrected chi connectivity index (χ0v) is 13.9. The van der Waals surface area contributed by atoms with Crippen molar-refractivity contribution >= 4 is 5.91 Å². The zero-order valence-electron chi connectivity index (χ0n) is 13.9. The summed E-state index contributed by atoms with van der Waals surface area (Å²) in [6.45, 7) is 5.93. The molecule has 0 bridgehead atoms. The molecule has 5 nitrogen and oxygen atoms in total. The second kappa shape index (κ2) is 7.57. The van der Waals surface area contributed by atoms with Crippen molar-refractivity contribution in [2.75, 3.05) is 26.2 Å². The van der Waals surface area contributed by atoms with Gasteiger partial charge in [-0.1, -0.05) is 19.1 Å². The highest BCUT2D eigenvalue weighted by atomic mass is 19.1. The molecule has 1 saturated heterocycles. The molecule has 1 aromatic carbocycles. The predicted octanol–water partition coefficient (Wildman–Crippen LogP) is 2.47. The van der Waals surface area contributed by atoms with Crippen molar-refractivity contribution in [2.45, 2.75) is 19.8 Å². The van der Waals surface area contributed by atoms with Crippen molar-refractivity contribution < 1.29 is 9.18 Å². The Labute approximate surface area is 141 Å². The molecule has 1 aliphatic heterocycles. The quantitative estimate of drug-likeness (QED) is 0.916. The number of nitrogens with zero attached hydrogens (tertiary/aromatic N) is 3. The fraction of sp³-hybridized carbons (Fsp3) is 0.444. The van der Waals surface area contributed by atoms with Crippen molar-refractivity contribution in [3.63, 3.8) is 0 Å². The number of aromatic nitrogens is 2. The van der Waals surface area contributed by atoms with E-state index in [4.69, 9.17) is 0 Å². The van der Waals surface area contributed by atoms with Crippen LogP contribution in [0.2, 0.25) is 0 Å². The van der Waals surface area contributed by atoms with Gasteiger partial charge in [-0.05, 0) is 50.0 Å². The number of likely N-dealkylation sites (tertiary alicyclic amines) is 1. The number of hydrogen-bond acceptors (Lipinski definition) is 3. The van der Waals surface area contributed by atoms with E-state index in [1.54, 1.807) is 30.5 Å². The zero-order chi connectivity index (χ0) is 16.9. The number of hydrogen-bond donors (Lipinski definition) is 1. The predicted molar refractivity (Wildman–Crippen MR) is 90.7 cm³/mol. The standard InChI is InChI=1S/C18H23FN4O/c1-14-6-10-22(11-7-14)13-9-20-18(24)16-8-12-23(21-16)17-5-3-2-4-15(17)19/h2-5,8,12,14H,6-7,9-11,13H2,1H3,(H,20,24). The van der Waals surface area contributed by atoms with Crippen molar-refractivity contribution in [1.82, 2.24) is 20.0 Å². The molecule has 0 unspecified atom stereocenters. The molecule has 2 heterocycles. The van der Waals surface area contributed by atoms with Gasteiger partial charge in [0.05, 0.1) is 0 Å². The minimum Gasteiger partial charge on any atom is -0.349 e. The molecule has 0 aliphatic carbocycles. The molecule has 0 saturated carbocycles. The number of carbonyl (C=O) groups is 1. The fourth-order valence-electron chi connectivity index (χ4n) is 2.92. The molecule has 1 N–H and O–H groups in total. The van der Waals surface area contributed by atoms with Crippen LogP contribution in [-0.2, 0) is 0 Å². The largest absolute Gasteiger partial charge is 0.349 e. The first-order chi connectivity index (χ1) is 11.6. The van der Waals surface area contributed by atoms with Gasteiger partial charge < -0.3 is 10.2 Å². The van der Waals surface area contributed by atoms with Gasteiger partial charge in [0.1, 0.15) is 11.5 Å². The Bertz CT molecular complexity index is 692. The molecule has 3 rings (SSSR count). The summed E-state index contributed by atoms with van der Waals surface area (Å²) in [5.41, 5.74) is 0.629. The molecule has 2 aromatic rings. The third-order valence-electron chi connectivity index (χ3n) is 4.51. The van der Waals surface area contributed by atoms with Crippen LogP contribution in [0.5, 0.6) is 0 Å². The van der Waals surface area contributed by atoms with E-state index < -0.39 is 0 Å². The second-order valence-electron chi connectivity index (χ2n) is 6.38. The number of rotatable bonds is 5. The van der Waals surface area contributed by atoms with Gasteiger partial charge in [-0.2, -0.15) is 5.10 Å². The lowest BCUT2D eigenvalue weighted by Gasteiger charge is -2.30. The Balaban J connectivity index is 1.52. The number of para-hydroxylation sites is 1. The average molecular weight is 330 g/mol. The molecule has 1 aliphatic rings. The maximum Gasteiger partial charge on any atom is 0.271 e. The maximum atomic E-state index is 13.8. The van der Waals surface area contributed by atoms with Crippen LogP contribution in [0, 0.1) is 11.7 Å². The van der Waals surface area contributed by atoms with E-state index in [1.165, 1.54) is 23.6 Å². The van der Waals surface area contributed by atoms with Gasteiger partial charge in [0.2, 0.25) is 0 Å². The summed E-state index contributed by atoms with van der Waals surface area (Å²) in [6, 6.07) is 7.96. The molecule has 6 heteroatoms. The van der Waals surface area contributed by atoms with Gasteiger partial charge >= 0.3 is 0 Å². The third-order valence-corrected chi connectivity index (χ3v) is 4.51. The van der Waals surface area contributed by atoms with Gasteiger partial charge in [-0.15, -0.1) is 0 Å². The first-order valence-corrected chi connectivity index (χ1v) is 8.44. The van der Waals surface area contributed by atoms with Crippen molar-refractivity contribution in [3.8, 4) is 5.69 Å². The highest BCUT2D eigenvalue weighted by Crippen LogP contribution is 2.15.